The van der Waals surface area contributed by atoms with E-state index in [9.17, 15) is 0 Å². The van der Waals surface area contributed by atoms with Crippen molar-refractivity contribution < 1.29 is 0 Å². The SMILES string of the molecule is C=N/C=C\C1CCCC1. The maximum Gasteiger partial charge on any atom is 0.0223 e. The standard InChI is InChI=1S/C8H13N/c1-9-7-6-8-4-2-3-5-8/h6-8H,1-5H2/b7-6-. The van der Waals surface area contributed by atoms with Gasteiger partial charge in [0, 0.05) is 6.20 Å². The van der Waals surface area contributed by atoms with E-state index in [4.69, 9.17) is 0 Å². The number of allylic oxidation sites excluding steroid dienone is 1. The Balaban J connectivity index is 2.25. The van der Waals surface area contributed by atoms with Gasteiger partial charge in [-0.15, -0.1) is 0 Å². The maximum absolute atomic E-state index is 3.67. The summed E-state index contributed by atoms with van der Waals surface area (Å²) in [5.41, 5.74) is 0. The Morgan fingerprint density at radius 2 is 2.00 bits per heavy atom. The lowest BCUT2D eigenvalue weighted by Gasteiger charge is -1.96. The summed E-state index contributed by atoms with van der Waals surface area (Å²) in [5.74, 6) is 0.801. The van der Waals surface area contributed by atoms with Crippen molar-refractivity contribution in [1.29, 1.82) is 0 Å². The molecule has 0 bridgehead atoms. The largest absolute Gasteiger partial charge is 0.273 e. The van der Waals surface area contributed by atoms with Crippen LogP contribution < -0.4 is 0 Å². The van der Waals surface area contributed by atoms with Crippen molar-refractivity contribution in [2.75, 3.05) is 0 Å². The first-order valence-electron chi connectivity index (χ1n) is 3.56. The summed E-state index contributed by atoms with van der Waals surface area (Å²) < 4.78 is 0. The smallest absolute Gasteiger partial charge is 0.0223 e. The second-order valence-corrected chi connectivity index (χ2v) is 2.57. The first-order chi connectivity index (χ1) is 4.43. The minimum absolute atomic E-state index is 0.801. The molecule has 1 aliphatic carbocycles. The lowest BCUT2D eigenvalue weighted by Crippen LogP contribution is -1.83. The van der Waals surface area contributed by atoms with Gasteiger partial charge in [-0.3, -0.25) is 4.99 Å². The fourth-order valence-electron chi connectivity index (χ4n) is 1.33. The van der Waals surface area contributed by atoms with Crippen molar-refractivity contribution in [2.45, 2.75) is 25.7 Å². The van der Waals surface area contributed by atoms with E-state index in [1.165, 1.54) is 25.7 Å². The zero-order chi connectivity index (χ0) is 6.53. The molecule has 0 unspecified atom stereocenters. The molecular weight excluding hydrogens is 110 g/mol. The molecule has 0 aromatic rings. The van der Waals surface area contributed by atoms with Crippen LogP contribution in [0.25, 0.3) is 0 Å². The van der Waals surface area contributed by atoms with E-state index in [-0.39, 0.29) is 0 Å². The molecule has 0 aromatic heterocycles. The van der Waals surface area contributed by atoms with Gasteiger partial charge in [0.05, 0.1) is 0 Å². The van der Waals surface area contributed by atoms with Gasteiger partial charge in [-0.05, 0) is 25.5 Å². The fraction of sp³-hybridized carbons (Fsp3) is 0.625. The molecule has 0 N–H and O–H groups in total. The van der Waals surface area contributed by atoms with Crippen molar-refractivity contribution in [1.82, 2.24) is 0 Å². The minimum Gasteiger partial charge on any atom is -0.273 e. The van der Waals surface area contributed by atoms with Gasteiger partial charge in [-0.25, -0.2) is 0 Å². The molecular formula is C8H13N. The normalized spacial score (nSPS) is 21.3. The van der Waals surface area contributed by atoms with E-state index in [2.05, 4.69) is 17.8 Å². The topological polar surface area (TPSA) is 12.4 Å². The summed E-state index contributed by atoms with van der Waals surface area (Å²) in [5, 5.41) is 0. The Kier molecular flexibility index (Phi) is 2.49. The van der Waals surface area contributed by atoms with Gasteiger partial charge in [0.25, 0.3) is 0 Å². The van der Waals surface area contributed by atoms with Crippen LogP contribution in [-0.4, -0.2) is 6.72 Å². The second-order valence-electron chi connectivity index (χ2n) is 2.57. The highest BCUT2D eigenvalue weighted by molar-refractivity contribution is 5.25. The summed E-state index contributed by atoms with van der Waals surface area (Å²) in [7, 11) is 0. The third-order valence-electron chi connectivity index (χ3n) is 1.86. The quantitative estimate of drug-likeness (QED) is 0.500. The lowest BCUT2D eigenvalue weighted by atomic mass is 10.1. The lowest BCUT2D eigenvalue weighted by molar-refractivity contribution is 0.684. The molecule has 1 saturated carbocycles. The predicted molar refractivity (Wildman–Crippen MR) is 40.6 cm³/mol. The zero-order valence-electron chi connectivity index (χ0n) is 5.71. The zero-order valence-corrected chi connectivity index (χ0v) is 5.71. The highest BCUT2D eigenvalue weighted by Crippen LogP contribution is 2.25. The van der Waals surface area contributed by atoms with Gasteiger partial charge >= 0.3 is 0 Å². The maximum atomic E-state index is 3.67. The van der Waals surface area contributed by atoms with Gasteiger partial charge in [0.15, 0.2) is 0 Å². The van der Waals surface area contributed by atoms with Crippen molar-refractivity contribution >= 4 is 6.72 Å². The number of hydrogen-bond acceptors (Lipinski definition) is 1. The summed E-state index contributed by atoms with van der Waals surface area (Å²) >= 11 is 0. The minimum atomic E-state index is 0.801. The molecule has 0 spiro atoms. The summed E-state index contributed by atoms with van der Waals surface area (Å²) in [4.78, 5) is 3.67. The molecule has 1 fully saturated rings. The van der Waals surface area contributed by atoms with Crippen molar-refractivity contribution in [3.8, 4) is 0 Å². The summed E-state index contributed by atoms with van der Waals surface area (Å²) in [6.07, 6.45) is 9.48. The molecule has 0 aliphatic heterocycles. The van der Waals surface area contributed by atoms with E-state index < -0.39 is 0 Å². The van der Waals surface area contributed by atoms with Crippen LogP contribution in [0.5, 0.6) is 0 Å². The third kappa shape index (κ3) is 2.00. The van der Waals surface area contributed by atoms with Crippen molar-refractivity contribution in [3.05, 3.63) is 12.3 Å². The Bertz CT molecular complexity index is 110. The van der Waals surface area contributed by atoms with Crippen LogP contribution in [0.4, 0.5) is 0 Å². The Morgan fingerprint density at radius 3 is 2.56 bits per heavy atom. The van der Waals surface area contributed by atoms with Gasteiger partial charge in [-0.2, -0.15) is 0 Å². The van der Waals surface area contributed by atoms with Gasteiger partial charge < -0.3 is 0 Å². The molecule has 50 valence electrons. The highest BCUT2D eigenvalue weighted by Gasteiger charge is 2.10. The molecule has 1 nitrogen and oxygen atoms in total. The summed E-state index contributed by atoms with van der Waals surface area (Å²) in [6, 6.07) is 0. The monoisotopic (exact) mass is 123 g/mol. The van der Waals surface area contributed by atoms with Crippen LogP contribution in [0.15, 0.2) is 17.3 Å². The third-order valence-corrected chi connectivity index (χ3v) is 1.86. The molecule has 1 heteroatoms. The van der Waals surface area contributed by atoms with Crippen molar-refractivity contribution in [2.24, 2.45) is 10.9 Å². The van der Waals surface area contributed by atoms with Crippen LogP contribution in [0.3, 0.4) is 0 Å². The summed E-state index contributed by atoms with van der Waals surface area (Å²) in [6.45, 7) is 3.38. The van der Waals surface area contributed by atoms with Gasteiger partial charge in [0.1, 0.15) is 0 Å². The van der Waals surface area contributed by atoms with Gasteiger partial charge in [0.2, 0.25) is 0 Å². The predicted octanol–water partition coefficient (Wildman–Crippen LogP) is 2.39. The van der Waals surface area contributed by atoms with Crippen LogP contribution in [0, 0.1) is 5.92 Å². The second kappa shape index (κ2) is 3.44. The number of nitrogens with zero attached hydrogens (tertiary/aromatic N) is 1. The van der Waals surface area contributed by atoms with E-state index in [0.29, 0.717) is 0 Å². The number of aliphatic imine (C=N–C) groups is 1. The molecule has 0 atom stereocenters. The van der Waals surface area contributed by atoms with Gasteiger partial charge in [-0.1, -0.05) is 18.9 Å². The molecule has 0 saturated heterocycles. The van der Waals surface area contributed by atoms with Crippen molar-refractivity contribution in [3.63, 3.8) is 0 Å². The molecule has 0 radical (unpaired) electrons. The van der Waals surface area contributed by atoms with E-state index >= 15 is 0 Å². The highest BCUT2D eigenvalue weighted by atomic mass is 14.6. The molecule has 9 heavy (non-hydrogen) atoms. The molecule has 0 amide bonds. The Labute approximate surface area is 56.5 Å². The van der Waals surface area contributed by atoms with E-state index in [0.717, 1.165) is 5.92 Å². The average Bonchev–Trinajstić information content (AvgIpc) is 2.34. The molecule has 0 aromatic carbocycles. The Morgan fingerprint density at radius 1 is 1.33 bits per heavy atom. The first kappa shape index (κ1) is 6.53. The molecule has 1 aliphatic rings. The van der Waals surface area contributed by atoms with Crippen LogP contribution in [0.1, 0.15) is 25.7 Å². The number of hydrogen-bond donors (Lipinski definition) is 0. The van der Waals surface area contributed by atoms with E-state index in [1.807, 2.05) is 6.20 Å². The van der Waals surface area contributed by atoms with E-state index in [1.54, 1.807) is 0 Å². The van der Waals surface area contributed by atoms with Crippen LogP contribution >= 0.6 is 0 Å². The fourth-order valence-corrected chi connectivity index (χ4v) is 1.33. The molecule has 1 rings (SSSR count). The van der Waals surface area contributed by atoms with Crippen LogP contribution in [0.2, 0.25) is 0 Å². The first-order valence-corrected chi connectivity index (χ1v) is 3.56. The Hall–Kier alpha value is -0.590. The average molecular weight is 123 g/mol. The van der Waals surface area contributed by atoms with Crippen LogP contribution in [-0.2, 0) is 0 Å². The molecule has 0 heterocycles. The number of rotatable bonds is 2.